The Labute approximate surface area is 111 Å². The van der Waals surface area contributed by atoms with Gasteiger partial charge in [-0.25, -0.2) is 0 Å². The SMILES string of the molecule is Cn1cc(CC2CC(C(C)(C)C)CCC2N)cn1. The van der Waals surface area contributed by atoms with Crippen LogP contribution in [0.3, 0.4) is 0 Å². The van der Waals surface area contributed by atoms with E-state index in [9.17, 15) is 0 Å². The van der Waals surface area contributed by atoms with E-state index >= 15 is 0 Å². The van der Waals surface area contributed by atoms with Crippen molar-refractivity contribution in [3.05, 3.63) is 18.0 Å². The van der Waals surface area contributed by atoms with Gasteiger partial charge in [0.05, 0.1) is 6.20 Å². The summed E-state index contributed by atoms with van der Waals surface area (Å²) >= 11 is 0. The average Bonchev–Trinajstić information content (AvgIpc) is 2.66. The molecule has 0 saturated heterocycles. The van der Waals surface area contributed by atoms with Crippen molar-refractivity contribution >= 4 is 0 Å². The van der Waals surface area contributed by atoms with Crippen molar-refractivity contribution in [2.75, 3.05) is 0 Å². The summed E-state index contributed by atoms with van der Waals surface area (Å²) in [6.45, 7) is 7.07. The van der Waals surface area contributed by atoms with Gasteiger partial charge in [0.15, 0.2) is 0 Å². The smallest absolute Gasteiger partial charge is 0.0521 e. The van der Waals surface area contributed by atoms with Crippen molar-refractivity contribution in [3.8, 4) is 0 Å². The molecule has 2 N–H and O–H groups in total. The first-order valence-corrected chi connectivity index (χ1v) is 7.09. The molecule has 3 unspecified atom stereocenters. The molecular weight excluding hydrogens is 222 g/mol. The number of aromatic nitrogens is 2. The average molecular weight is 249 g/mol. The minimum atomic E-state index is 0.365. The molecule has 0 radical (unpaired) electrons. The number of hydrogen-bond acceptors (Lipinski definition) is 2. The first kappa shape index (κ1) is 13.6. The summed E-state index contributed by atoms with van der Waals surface area (Å²) in [6.07, 6.45) is 8.91. The minimum Gasteiger partial charge on any atom is -0.327 e. The highest BCUT2D eigenvalue weighted by molar-refractivity contribution is 5.06. The maximum absolute atomic E-state index is 6.31. The van der Waals surface area contributed by atoms with E-state index in [1.165, 1.54) is 24.8 Å². The van der Waals surface area contributed by atoms with E-state index in [1.54, 1.807) is 0 Å². The van der Waals surface area contributed by atoms with Crippen molar-refractivity contribution in [2.45, 2.75) is 52.5 Å². The van der Waals surface area contributed by atoms with Crippen LogP contribution in [0, 0.1) is 17.3 Å². The second-order valence-corrected chi connectivity index (χ2v) is 7.03. The van der Waals surface area contributed by atoms with Crippen LogP contribution < -0.4 is 5.73 Å². The summed E-state index contributed by atoms with van der Waals surface area (Å²) in [6, 6.07) is 0.365. The number of aryl methyl sites for hydroxylation is 1. The molecule has 102 valence electrons. The van der Waals surface area contributed by atoms with Crippen LogP contribution >= 0.6 is 0 Å². The van der Waals surface area contributed by atoms with Gasteiger partial charge in [-0.1, -0.05) is 20.8 Å². The van der Waals surface area contributed by atoms with Gasteiger partial charge in [0.25, 0.3) is 0 Å². The largest absolute Gasteiger partial charge is 0.327 e. The molecule has 1 aromatic heterocycles. The molecule has 1 aliphatic rings. The zero-order valence-corrected chi connectivity index (χ0v) is 12.2. The maximum atomic E-state index is 6.31. The third-order valence-corrected chi connectivity index (χ3v) is 4.52. The Bertz CT molecular complexity index is 389. The fourth-order valence-electron chi connectivity index (χ4n) is 3.19. The lowest BCUT2D eigenvalue weighted by molar-refractivity contribution is 0.127. The molecule has 3 atom stereocenters. The zero-order chi connectivity index (χ0) is 13.3. The Kier molecular flexibility index (Phi) is 3.81. The van der Waals surface area contributed by atoms with E-state index in [-0.39, 0.29) is 0 Å². The molecule has 2 rings (SSSR count). The van der Waals surface area contributed by atoms with Crippen LogP contribution in [0.15, 0.2) is 12.4 Å². The third kappa shape index (κ3) is 3.14. The first-order valence-electron chi connectivity index (χ1n) is 7.09. The van der Waals surface area contributed by atoms with Gasteiger partial charge in [-0.05, 0) is 48.5 Å². The van der Waals surface area contributed by atoms with Crippen LogP contribution in [0.4, 0.5) is 0 Å². The summed E-state index contributed by atoms with van der Waals surface area (Å²) in [5.74, 6) is 1.42. The topological polar surface area (TPSA) is 43.8 Å². The lowest BCUT2D eigenvalue weighted by Gasteiger charge is -2.40. The van der Waals surface area contributed by atoms with Crippen LogP contribution in [0.2, 0.25) is 0 Å². The predicted octanol–water partition coefficient (Wildman–Crippen LogP) is 2.75. The lowest BCUT2D eigenvalue weighted by atomic mass is 9.66. The maximum Gasteiger partial charge on any atom is 0.0521 e. The molecule has 0 bridgehead atoms. The van der Waals surface area contributed by atoms with Crippen LogP contribution in [0.5, 0.6) is 0 Å². The molecule has 3 heteroatoms. The molecule has 0 amide bonds. The molecule has 1 heterocycles. The second-order valence-electron chi connectivity index (χ2n) is 7.03. The molecule has 1 fully saturated rings. The Morgan fingerprint density at radius 1 is 1.39 bits per heavy atom. The standard InChI is InChI=1S/C15H27N3/c1-15(2,3)13-5-6-14(16)12(8-13)7-11-9-17-18(4)10-11/h9-10,12-14H,5-8,16H2,1-4H3. The zero-order valence-electron chi connectivity index (χ0n) is 12.2. The summed E-state index contributed by atoms with van der Waals surface area (Å²) in [5.41, 5.74) is 8.05. The number of nitrogens with zero attached hydrogens (tertiary/aromatic N) is 2. The lowest BCUT2D eigenvalue weighted by Crippen LogP contribution is -2.40. The molecular formula is C15H27N3. The highest BCUT2D eigenvalue weighted by Crippen LogP contribution is 2.40. The molecule has 18 heavy (non-hydrogen) atoms. The monoisotopic (exact) mass is 249 g/mol. The van der Waals surface area contributed by atoms with Gasteiger partial charge in [-0.15, -0.1) is 0 Å². The summed E-state index contributed by atoms with van der Waals surface area (Å²) in [7, 11) is 1.97. The molecule has 1 aromatic rings. The molecule has 0 aliphatic heterocycles. The quantitative estimate of drug-likeness (QED) is 0.876. The number of nitrogens with two attached hydrogens (primary N) is 1. The second kappa shape index (κ2) is 5.04. The Morgan fingerprint density at radius 2 is 2.11 bits per heavy atom. The third-order valence-electron chi connectivity index (χ3n) is 4.52. The fraction of sp³-hybridized carbons (Fsp3) is 0.800. The Balaban J connectivity index is 2.02. The van der Waals surface area contributed by atoms with Gasteiger partial charge in [-0.2, -0.15) is 5.10 Å². The van der Waals surface area contributed by atoms with E-state index in [0.29, 0.717) is 17.4 Å². The van der Waals surface area contributed by atoms with Crippen LogP contribution in [-0.2, 0) is 13.5 Å². The van der Waals surface area contributed by atoms with E-state index in [0.717, 1.165) is 12.3 Å². The van der Waals surface area contributed by atoms with E-state index < -0.39 is 0 Å². The Morgan fingerprint density at radius 3 is 2.67 bits per heavy atom. The molecule has 3 nitrogen and oxygen atoms in total. The van der Waals surface area contributed by atoms with Crippen LogP contribution in [-0.4, -0.2) is 15.8 Å². The van der Waals surface area contributed by atoms with Crippen molar-refractivity contribution in [2.24, 2.45) is 30.0 Å². The van der Waals surface area contributed by atoms with Crippen molar-refractivity contribution < 1.29 is 0 Å². The highest BCUT2D eigenvalue weighted by Gasteiger charge is 2.34. The first-order chi connectivity index (χ1) is 8.36. The van der Waals surface area contributed by atoms with E-state index in [1.807, 2.05) is 17.9 Å². The normalized spacial score (nSPS) is 29.5. The predicted molar refractivity (Wildman–Crippen MR) is 75.2 cm³/mol. The Hall–Kier alpha value is -0.830. The van der Waals surface area contributed by atoms with Gasteiger partial charge in [0, 0.05) is 19.3 Å². The van der Waals surface area contributed by atoms with Crippen molar-refractivity contribution in [1.29, 1.82) is 0 Å². The van der Waals surface area contributed by atoms with Gasteiger partial charge < -0.3 is 5.73 Å². The van der Waals surface area contributed by atoms with Gasteiger partial charge in [-0.3, -0.25) is 4.68 Å². The van der Waals surface area contributed by atoms with Crippen LogP contribution in [0.25, 0.3) is 0 Å². The minimum absolute atomic E-state index is 0.365. The molecule has 1 aliphatic carbocycles. The summed E-state index contributed by atoms with van der Waals surface area (Å²) < 4.78 is 1.88. The summed E-state index contributed by atoms with van der Waals surface area (Å²) in [4.78, 5) is 0. The van der Waals surface area contributed by atoms with E-state index in [4.69, 9.17) is 5.73 Å². The molecule has 1 saturated carbocycles. The van der Waals surface area contributed by atoms with Crippen molar-refractivity contribution in [3.63, 3.8) is 0 Å². The molecule has 0 spiro atoms. The number of rotatable bonds is 2. The highest BCUT2D eigenvalue weighted by atomic mass is 15.2. The van der Waals surface area contributed by atoms with Gasteiger partial charge in [0.2, 0.25) is 0 Å². The molecule has 0 aromatic carbocycles. The van der Waals surface area contributed by atoms with Crippen LogP contribution in [0.1, 0.15) is 45.6 Å². The summed E-state index contributed by atoms with van der Waals surface area (Å²) in [5, 5.41) is 4.25. The number of hydrogen-bond donors (Lipinski definition) is 1. The van der Waals surface area contributed by atoms with Crippen molar-refractivity contribution in [1.82, 2.24) is 9.78 Å². The fourth-order valence-corrected chi connectivity index (χ4v) is 3.19. The van der Waals surface area contributed by atoms with Gasteiger partial charge >= 0.3 is 0 Å². The van der Waals surface area contributed by atoms with Gasteiger partial charge in [0.1, 0.15) is 0 Å². The van der Waals surface area contributed by atoms with E-state index in [2.05, 4.69) is 32.1 Å².